The van der Waals surface area contributed by atoms with E-state index in [2.05, 4.69) is 10.6 Å². The van der Waals surface area contributed by atoms with Crippen LogP contribution in [0, 0.1) is 0 Å². The molecule has 17 heavy (non-hydrogen) atoms. The second kappa shape index (κ2) is 7.68. The molecule has 1 aromatic rings. The van der Waals surface area contributed by atoms with Gasteiger partial charge in [-0.15, -0.1) is 0 Å². The van der Waals surface area contributed by atoms with Gasteiger partial charge in [-0.1, -0.05) is 12.1 Å². The van der Waals surface area contributed by atoms with E-state index in [1.165, 1.54) is 5.56 Å². The smallest absolute Gasteiger partial charge is 0.221 e. The fourth-order valence-corrected chi connectivity index (χ4v) is 1.46. The van der Waals surface area contributed by atoms with Crippen molar-refractivity contribution >= 4 is 5.91 Å². The summed E-state index contributed by atoms with van der Waals surface area (Å²) in [7, 11) is 1.65. The van der Waals surface area contributed by atoms with Gasteiger partial charge in [0.1, 0.15) is 5.75 Å². The lowest BCUT2D eigenvalue weighted by Gasteiger charge is -2.06. The molecule has 4 nitrogen and oxygen atoms in total. The second-order valence-electron chi connectivity index (χ2n) is 3.73. The lowest BCUT2D eigenvalue weighted by atomic mass is 10.2. The summed E-state index contributed by atoms with van der Waals surface area (Å²) in [4.78, 5) is 11.2. The van der Waals surface area contributed by atoms with Gasteiger partial charge >= 0.3 is 0 Å². The van der Waals surface area contributed by atoms with Crippen molar-refractivity contribution in [3.8, 4) is 5.75 Å². The zero-order valence-corrected chi connectivity index (χ0v) is 10.5. The Labute approximate surface area is 102 Å². The summed E-state index contributed by atoms with van der Waals surface area (Å²) >= 11 is 0. The highest BCUT2D eigenvalue weighted by Gasteiger charge is 1.98. The lowest BCUT2D eigenvalue weighted by Crippen LogP contribution is -2.27. The Morgan fingerprint density at radius 2 is 2.00 bits per heavy atom. The molecule has 1 amide bonds. The van der Waals surface area contributed by atoms with Gasteiger partial charge in [-0.25, -0.2) is 0 Å². The molecule has 0 aliphatic heterocycles. The fraction of sp³-hybridized carbons (Fsp3) is 0.462. The zero-order valence-electron chi connectivity index (χ0n) is 10.5. The molecule has 0 aromatic heterocycles. The van der Waals surface area contributed by atoms with Crippen LogP contribution in [0.25, 0.3) is 0 Å². The minimum absolute atomic E-state index is 0.0923. The minimum atomic E-state index is 0.0923. The molecular weight excluding hydrogens is 216 g/mol. The van der Waals surface area contributed by atoms with Crippen LogP contribution in [0.3, 0.4) is 0 Å². The van der Waals surface area contributed by atoms with Crippen molar-refractivity contribution < 1.29 is 9.53 Å². The average Bonchev–Trinajstić information content (AvgIpc) is 2.36. The number of benzene rings is 1. The molecule has 2 N–H and O–H groups in total. The van der Waals surface area contributed by atoms with E-state index in [4.69, 9.17) is 4.74 Å². The van der Waals surface area contributed by atoms with Crippen LogP contribution in [-0.4, -0.2) is 26.1 Å². The first-order valence-electron chi connectivity index (χ1n) is 5.86. The molecule has 0 unspecified atom stereocenters. The average molecular weight is 236 g/mol. The van der Waals surface area contributed by atoms with E-state index in [9.17, 15) is 4.79 Å². The van der Waals surface area contributed by atoms with E-state index in [0.29, 0.717) is 19.5 Å². The molecule has 0 radical (unpaired) electrons. The summed E-state index contributed by atoms with van der Waals surface area (Å²) in [5, 5.41) is 5.99. The Morgan fingerprint density at radius 3 is 2.59 bits per heavy atom. The van der Waals surface area contributed by atoms with Crippen molar-refractivity contribution in [1.82, 2.24) is 10.6 Å². The van der Waals surface area contributed by atoms with E-state index >= 15 is 0 Å². The monoisotopic (exact) mass is 236 g/mol. The Balaban J connectivity index is 2.19. The topological polar surface area (TPSA) is 50.4 Å². The van der Waals surface area contributed by atoms with Crippen molar-refractivity contribution in [2.45, 2.75) is 19.9 Å². The molecule has 0 aliphatic rings. The summed E-state index contributed by atoms with van der Waals surface area (Å²) in [6.07, 6.45) is 0.518. The molecule has 0 saturated heterocycles. The number of rotatable bonds is 7. The largest absolute Gasteiger partial charge is 0.497 e. The van der Waals surface area contributed by atoms with Gasteiger partial charge in [-0.3, -0.25) is 4.79 Å². The number of hydrogen-bond donors (Lipinski definition) is 2. The van der Waals surface area contributed by atoms with Gasteiger partial charge in [0, 0.05) is 26.1 Å². The van der Waals surface area contributed by atoms with E-state index in [1.807, 2.05) is 31.2 Å². The Bertz CT molecular complexity index is 336. The molecule has 0 atom stereocenters. The molecule has 0 saturated carbocycles. The number of carbonyl (C=O) groups excluding carboxylic acids is 1. The summed E-state index contributed by atoms with van der Waals surface area (Å²) in [6.45, 7) is 4.07. The zero-order chi connectivity index (χ0) is 12.5. The third kappa shape index (κ3) is 5.36. The first-order chi connectivity index (χ1) is 8.26. The minimum Gasteiger partial charge on any atom is -0.497 e. The number of carbonyl (C=O) groups is 1. The molecule has 0 bridgehead atoms. The molecule has 0 aliphatic carbocycles. The van der Waals surface area contributed by atoms with E-state index < -0.39 is 0 Å². The quantitative estimate of drug-likeness (QED) is 0.702. The van der Waals surface area contributed by atoms with Gasteiger partial charge in [0.25, 0.3) is 0 Å². The molecule has 4 heteroatoms. The normalized spacial score (nSPS) is 10.0. The number of hydrogen-bond acceptors (Lipinski definition) is 3. The van der Waals surface area contributed by atoms with Crippen molar-refractivity contribution in [2.75, 3.05) is 20.2 Å². The maximum Gasteiger partial charge on any atom is 0.221 e. The fourth-order valence-electron chi connectivity index (χ4n) is 1.46. The van der Waals surface area contributed by atoms with Crippen LogP contribution in [0.2, 0.25) is 0 Å². The third-order valence-corrected chi connectivity index (χ3v) is 2.39. The first kappa shape index (κ1) is 13.5. The maximum atomic E-state index is 11.2. The van der Waals surface area contributed by atoms with Crippen molar-refractivity contribution in [1.29, 1.82) is 0 Å². The molecule has 0 spiro atoms. The second-order valence-corrected chi connectivity index (χ2v) is 3.73. The number of amides is 1. The van der Waals surface area contributed by atoms with Gasteiger partial charge in [0.15, 0.2) is 0 Å². The predicted octanol–water partition coefficient (Wildman–Crippen LogP) is 1.31. The Hall–Kier alpha value is -1.55. The highest BCUT2D eigenvalue weighted by atomic mass is 16.5. The summed E-state index contributed by atoms with van der Waals surface area (Å²) in [5.74, 6) is 0.950. The Morgan fingerprint density at radius 1 is 1.29 bits per heavy atom. The van der Waals surface area contributed by atoms with E-state index in [1.54, 1.807) is 7.11 Å². The van der Waals surface area contributed by atoms with Crippen LogP contribution in [0.15, 0.2) is 24.3 Å². The van der Waals surface area contributed by atoms with Gasteiger partial charge < -0.3 is 15.4 Å². The standard InChI is InChI=1S/C13H20N2O2/c1-3-15-13(16)8-9-14-10-11-4-6-12(17-2)7-5-11/h4-7,14H,3,8-10H2,1-2H3,(H,15,16). The molecule has 1 aromatic carbocycles. The molecule has 0 fully saturated rings. The van der Waals surface area contributed by atoms with Crippen molar-refractivity contribution in [3.05, 3.63) is 29.8 Å². The van der Waals surface area contributed by atoms with Crippen LogP contribution in [0.4, 0.5) is 0 Å². The van der Waals surface area contributed by atoms with E-state index in [-0.39, 0.29) is 5.91 Å². The molecular formula is C13H20N2O2. The molecule has 1 rings (SSSR count). The van der Waals surface area contributed by atoms with Crippen LogP contribution in [-0.2, 0) is 11.3 Å². The van der Waals surface area contributed by atoms with E-state index in [0.717, 1.165) is 12.3 Å². The summed E-state index contributed by atoms with van der Waals surface area (Å²) < 4.78 is 5.08. The molecule has 0 heterocycles. The Kier molecular flexibility index (Phi) is 6.10. The van der Waals surface area contributed by atoms with Gasteiger partial charge in [0.2, 0.25) is 5.91 Å². The highest BCUT2D eigenvalue weighted by molar-refractivity contribution is 5.75. The lowest BCUT2D eigenvalue weighted by molar-refractivity contribution is -0.120. The number of ether oxygens (including phenoxy) is 1. The third-order valence-electron chi connectivity index (χ3n) is 2.39. The van der Waals surface area contributed by atoms with Crippen molar-refractivity contribution in [2.24, 2.45) is 0 Å². The summed E-state index contributed by atoms with van der Waals surface area (Å²) in [5.41, 5.74) is 1.18. The highest BCUT2D eigenvalue weighted by Crippen LogP contribution is 2.10. The predicted molar refractivity (Wildman–Crippen MR) is 68.0 cm³/mol. The summed E-state index contributed by atoms with van der Waals surface area (Å²) in [6, 6.07) is 7.89. The van der Waals surface area contributed by atoms with Crippen LogP contribution < -0.4 is 15.4 Å². The first-order valence-corrected chi connectivity index (χ1v) is 5.86. The van der Waals surface area contributed by atoms with Gasteiger partial charge in [0.05, 0.1) is 7.11 Å². The number of methoxy groups -OCH3 is 1. The van der Waals surface area contributed by atoms with Crippen LogP contribution in [0.1, 0.15) is 18.9 Å². The maximum absolute atomic E-state index is 11.2. The van der Waals surface area contributed by atoms with Crippen molar-refractivity contribution in [3.63, 3.8) is 0 Å². The number of nitrogens with one attached hydrogen (secondary N) is 2. The van der Waals surface area contributed by atoms with Crippen LogP contribution >= 0.6 is 0 Å². The van der Waals surface area contributed by atoms with Crippen LogP contribution in [0.5, 0.6) is 5.75 Å². The van der Waals surface area contributed by atoms with Gasteiger partial charge in [-0.2, -0.15) is 0 Å². The van der Waals surface area contributed by atoms with Gasteiger partial charge in [-0.05, 0) is 24.6 Å². The SMILES string of the molecule is CCNC(=O)CCNCc1ccc(OC)cc1. The molecule has 94 valence electrons.